The predicted molar refractivity (Wildman–Crippen MR) is 86.5 cm³/mol. The maximum Gasteiger partial charge on any atom is 0.433 e. The number of ether oxygens (including phenoxy) is 1. The molecule has 130 valence electrons. The number of nitrogens with one attached hydrogen (secondary N) is 1. The second kappa shape index (κ2) is 6.72. The van der Waals surface area contributed by atoms with Gasteiger partial charge in [-0.25, -0.2) is 4.98 Å². The van der Waals surface area contributed by atoms with Crippen LogP contribution < -0.4 is 10.3 Å². The molecule has 8 heteroatoms. The number of aromatic nitrogens is 2. The molecule has 1 N–H and O–H groups in total. The predicted octanol–water partition coefficient (Wildman–Crippen LogP) is 4.12. The fraction of sp³-hybridized carbons (Fsp3) is 0.0556. The Balaban J connectivity index is 1.98. The van der Waals surface area contributed by atoms with Gasteiger partial charge in [0.2, 0.25) is 5.88 Å². The molecule has 0 spiro atoms. The highest BCUT2D eigenvalue weighted by atomic mass is 19.4. The summed E-state index contributed by atoms with van der Waals surface area (Å²) in [6.07, 6.45) is -3.22. The van der Waals surface area contributed by atoms with Crippen LogP contribution in [0.3, 0.4) is 0 Å². The molecule has 5 nitrogen and oxygen atoms in total. The average molecular weight is 357 g/mol. The fourth-order valence-electron chi connectivity index (χ4n) is 2.26. The van der Waals surface area contributed by atoms with E-state index in [-0.39, 0.29) is 22.8 Å². The van der Waals surface area contributed by atoms with E-state index in [1.165, 1.54) is 18.3 Å². The molecular weight excluding hydrogens is 347 g/mol. The molecule has 0 amide bonds. The second-order valence-corrected chi connectivity index (χ2v) is 5.23. The van der Waals surface area contributed by atoms with Gasteiger partial charge in [-0.05, 0) is 35.9 Å². The van der Waals surface area contributed by atoms with Gasteiger partial charge >= 0.3 is 6.18 Å². The van der Waals surface area contributed by atoms with Crippen LogP contribution in [0.25, 0.3) is 11.1 Å². The number of alkyl halides is 3. The molecule has 2 heterocycles. The van der Waals surface area contributed by atoms with Crippen molar-refractivity contribution in [2.75, 3.05) is 0 Å². The molecule has 1 aromatic carbocycles. The van der Waals surface area contributed by atoms with Gasteiger partial charge < -0.3 is 9.72 Å². The third-order valence-electron chi connectivity index (χ3n) is 3.41. The van der Waals surface area contributed by atoms with Gasteiger partial charge in [0, 0.05) is 17.8 Å². The van der Waals surface area contributed by atoms with E-state index in [9.17, 15) is 18.0 Å². The van der Waals surface area contributed by atoms with Crippen molar-refractivity contribution in [1.82, 2.24) is 9.97 Å². The number of pyridine rings is 2. The number of rotatable bonds is 3. The highest BCUT2D eigenvalue weighted by Crippen LogP contribution is 2.31. The number of halogens is 3. The number of hydrogen-bond acceptors (Lipinski definition) is 4. The van der Waals surface area contributed by atoms with Crippen LogP contribution in [0, 0.1) is 11.3 Å². The van der Waals surface area contributed by atoms with Gasteiger partial charge in [-0.15, -0.1) is 0 Å². The van der Waals surface area contributed by atoms with Gasteiger partial charge in [0.15, 0.2) is 0 Å². The summed E-state index contributed by atoms with van der Waals surface area (Å²) in [7, 11) is 0. The van der Waals surface area contributed by atoms with Crippen molar-refractivity contribution in [3.8, 4) is 28.8 Å². The Hall–Kier alpha value is -3.60. The van der Waals surface area contributed by atoms with Crippen molar-refractivity contribution in [1.29, 1.82) is 5.26 Å². The van der Waals surface area contributed by atoms with Gasteiger partial charge in [0.05, 0.1) is 11.6 Å². The lowest BCUT2D eigenvalue weighted by Crippen LogP contribution is -2.09. The van der Waals surface area contributed by atoms with Crippen molar-refractivity contribution in [3.05, 3.63) is 76.3 Å². The van der Waals surface area contributed by atoms with Crippen molar-refractivity contribution >= 4 is 0 Å². The van der Waals surface area contributed by atoms with Gasteiger partial charge in [-0.2, -0.15) is 18.4 Å². The summed E-state index contributed by atoms with van der Waals surface area (Å²) < 4.78 is 44.0. The molecule has 3 rings (SSSR count). The molecule has 0 saturated heterocycles. The smallest absolute Gasteiger partial charge is 0.433 e. The minimum absolute atomic E-state index is 0.182. The fourth-order valence-corrected chi connectivity index (χ4v) is 2.26. The number of nitrogens with zero attached hydrogens (tertiary/aromatic N) is 2. The number of H-pyrrole nitrogens is 1. The van der Waals surface area contributed by atoms with Crippen LogP contribution >= 0.6 is 0 Å². The summed E-state index contributed by atoms with van der Waals surface area (Å²) >= 11 is 0. The first-order valence-electron chi connectivity index (χ1n) is 7.32. The molecule has 0 radical (unpaired) electrons. The lowest BCUT2D eigenvalue weighted by Gasteiger charge is -2.10. The van der Waals surface area contributed by atoms with E-state index < -0.39 is 11.9 Å². The quantitative estimate of drug-likeness (QED) is 0.765. The van der Waals surface area contributed by atoms with Crippen LogP contribution in [0.1, 0.15) is 11.3 Å². The molecule has 0 bridgehead atoms. The lowest BCUT2D eigenvalue weighted by atomic mass is 10.1. The van der Waals surface area contributed by atoms with Crippen LogP contribution in [0.4, 0.5) is 13.2 Å². The van der Waals surface area contributed by atoms with Crippen LogP contribution in [-0.2, 0) is 6.18 Å². The molecule has 0 fully saturated rings. The molecule has 0 aliphatic carbocycles. The Labute approximate surface area is 145 Å². The number of hydrogen-bond donors (Lipinski definition) is 1. The van der Waals surface area contributed by atoms with Gasteiger partial charge in [0.1, 0.15) is 11.4 Å². The van der Waals surface area contributed by atoms with Crippen LogP contribution in [0.15, 0.2) is 59.5 Å². The van der Waals surface area contributed by atoms with E-state index in [1.54, 1.807) is 30.3 Å². The molecule has 0 aliphatic heterocycles. The standard InChI is InChI=1S/C18H10F3N3O2/c19-18(20,21)15-7-11(10-22)8-16(24-15)26-13-4-1-3-12(9-13)14-5-2-6-23-17(14)25/h1-9H,(H,23,25). The summed E-state index contributed by atoms with van der Waals surface area (Å²) in [6, 6.07) is 12.9. The zero-order chi connectivity index (χ0) is 18.7. The van der Waals surface area contributed by atoms with Crippen molar-refractivity contribution in [2.45, 2.75) is 6.18 Å². The molecule has 3 aromatic rings. The topological polar surface area (TPSA) is 78.8 Å². The van der Waals surface area contributed by atoms with Crippen molar-refractivity contribution in [2.24, 2.45) is 0 Å². The minimum Gasteiger partial charge on any atom is -0.439 e. The average Bonchev–Trinajstić information content (AvgIpc) is 2.61. The highest BCUT2D eigenvalue weighted by Gasteiger charge is 2.33. The van der Waals surface area contributed by atoms with E-state index in [1.807, 2.05) is 0 Å². The van der Waals surface area contributed by atoms with E-state index in [0.29, 0.717) is 17.2 Å². The minimum atomic E-state index is -4.70. The first kappa shape index (κ1) is 17.2. The lowest BCUT2D eigenvalue weighted by molar-refractivity contribution is -0.141. The SMILES string of the molecule is N#Cc1cc(Oc2cccc(-c3ccc[nH]c3=O)c2)nc(C(F)(F)F)c1. The molecule has 26 heavy (non-hydrogen) atoms. The molecule has 0 aliphatic rings. The zero-order valence-electron chi connectivity index (χ0n) is 13.0. The van der Waals surface area contributed by atoms with Crippen LogP contribution in [0.5, 0.6) is 11.6 Å². The molecule has 0 saturated carbocycles. The maximum atomic E-state index is 12.9. The summed E-state index contributed by atoms with van der Waals surface area (Å²) in [5.41, 5.74) is -0.849. The normalized spacial score (nSPS) is 11.0. The summed E-state index contributed by atoms with van der Waals surface area (Å²) in [5, 5.41) is 8.90. The Bertz CT molecular complexity index is 1050. The van der Waals surface area contributed by atoms with E-state index in [0.717, 1.165) is 6.07 Å². The first-order valence-corrected chi connectivity index (χ1v) is 7.32. The van der Waals surface area contributed by atoms with Gasteiger partial charge in [-0.3, -0.25) is 4.79 Å². The molecular formula is C18H10F3N3O2. The zero-order valence-corrected chi connectivity index (χ0v) is 13.0. The third-order valence-corrected chi connectivity index (χ3v) is 3.41. The third kappa shape index (κ3) is 3.72. The summed E-state index contributed by atoms with van der Waals surface area (Å²) in [5.74, 6) is -0.183. The van der Waals surface area contributed by atoms with Crippen molar-refractivity contribution < 1.29 is 17.9 Å². The Morgan fingerprint density at radius 3 is 2.62 bits per heavy atom. The molecule has 2 aromatic heterocycles. The first-order chi connectivity index (χ1) is 12.4. The number of benzene rings is 1. The Morgan fingerprint density at radius 1 is 1.12 bits per heavy atom. The number of aromatic amines is 1. The monoisotopic (exact) mass is 357 g/mol. The second-order valence-electron chi connectivity index (χ2n) is 5.23. The van der Waals surface area contributed by atoms with Gasteiger partial charge in [0.25, 0.3) is 5.56 Å². The molecule has 0 atom stereocenters. The number of nitriles is 1. The molecule has 0 unspecified atom stereocenters. The van der Waals surface area contributed by atoms with E-state index in [2.05, 4.69) is 9.97 Å². The Kier molecular flexibility index (Phi) is 4.45. The van der Waals surface area contributed by atoms with Crippen LogP contribution in [0.2, 0.25) is 0 Å². The van der Waals surface area contributed by atoms with Crippen LogP contribution in [-0.4, -0.2) is 9.97 Å². The highest BCUT2D eigenvalue weighted by molar-refractivity contribution is 5.64. The summed E-state index contributed by atoms with van der Waals surface area (Å²) in [4.78, 5) is 17.8. The summed E-state index contributed by atoms with van der Waals surface area (Å²) in [6.45, 7) is 0. The maximum absolute atomic E-state index is 12.9. The Morgan fingerprint density at radius 2 is 1.92 bits per heavy atom. The van der Waals surface area contributed by atoms with Gasteiger partial charge in [-0.1, -0.05) is 12.1 Å². The largest absolute Gasteiger partial charge is 0.439 e. The van der Waals surface area contributed by atoms with E-state index in [4.69, 9.17) is 10.00 Å². The van der Waals surface area contributed by atoms with Crippen molar-refractivity contribution in [3.63, 3.8) is 0 Å². The van der Waals surface area contributed by atoms with E-state index >= 15 is 0 Å².